The van der Waals surface area contributed by atoms with Gasteiger partial charge in [-0.1, -0.05) is 36.4 Å². The summed E-state index contributed by atoms with van der Waals surface area (Å²) in [5.74, 6) is 0.804. The largest absolute Gasteiger partial charge is 0.497 e. The highest BCUT2D eigenvalue weighted by Crippen LogP contribution is 2.35. The normalized spacial score (nSPS) is 17.9. The number of rotatable bonds is 6. The van der Waals surface area contributed by atoms with Gasteiger partial charge in [-0.25, -0.2) is 0 Å². The first kappa shape index (κ1) is 18.9. The first-order valence-corrected chi connectivity index (χ1v) is 10.3. The Morgan fingerprint density at radius 1 is 1.19 bits per heavy atom. The topological polar surface area (TPSA) is 58.6 Å². The molecule has 2 aromatic rings. The minimum atomic E-state index is -3.56. The summed E-state index contributed by atoms with van der Waals surface area (Å²) in [5, 5.41) is 0. The molecule has 0 fully saturated rings. The molecule has 0 saturated heterocycles. The summed E-state index contributed by atoms with van der Waals surface area (Å²) in [4.78, 5) is 0. The highest BCUT2D eigenvalue weighted by atomic mass is 32.2. The fraction of sp³-hybridized carbons (Fsp3) is 0.400. The number of ether oxygens (including phenoxy) is 1. The van der Waals surface area contributed by atoms with Crippen molar-refractivity contribution in [1.82, 2.24) is 9.03 Å². The lowest BCUT2D eigenvalue weighted by Crippen LogP contribution is -2.48. The molecule has 0 spiro atoms. The number of benzene rings is 2. The Morgan fingerprint density at radius 3 is 2.58 bits per heavy atom. The Morgan fingerprint density at radius 2 is 1.92 bits per heavy atom. The molecular formula is C20H26N2O3S. The molecule has 140 valence electrons. The van der Waals surface area contributed by atoms with Crippen molar-refractivity contribution in [1.29, 1.82) is 0 Å². The van der Waals surface area contributed by atoms with E-state index in [0.717, 1.165) is 22.4 Å². The number of nitrogens with zero attached hydrogens (tertiary/aromatic N) is 1. The Labute approximate surface area is 156 Å². The number of hydrogen-bond donors (Lipinski definition) is 1. The molecule has 26 heavy (non-hydrogen) atoms. The van der Waals surface area contributed by atoms with E-state index < -0.39 is 10.2 Å². The Kier molecular flexibility index (Phi) is 5.65. The van der Waals surface area contributed by atoms with Crippen molar-refractivity contribution in [3.63, 3.8) is 0 Å². The first-order chi connectivity index (χ1) is 12.4. The summed E-state index contributed by atoms with van der Waals surface area (Å²) in [6, 6.07) is 15.6. The Hall–Kier alpha value is -1.89. The van der Waals surface area contributed by atoms with Crippen molar-refractivity contribution in [2.75, 3.05) is 13.7 Å². The van der Waals surface area contributed by atoms with E-state index in [-0.39, 0.29) is 12.1 Å². The zero-order chi connectivity index (χ0) is 18.7. The van der Waals surface area contributed by atoms with E-state index >= 15 is 0 Å². The number of hydrogen-bond acceptors (Lipinski definition) is 3. The third-order valence-electron chi connectivity index (χ3n) is 4.62. The van der Waals surface area contributed by atoms with Gasteiger partial charge >= 0.3 is 0 Å². The maximum atomic E-state index is 12.9. The molecule has 1 heterocycles. The van der Waals surface area contributed by atoms with Crippen LogP contribution in [0.25, 0.3) is 0 Å². The van der Waals surface area contributed by atoms with E-state index in [1.165, 1.54) is 0 Å². The van der Waals surface area contributed by atoms with Crippen molar-refractivity contribution in [2.24, 2.45) is 0 Å². The highest BCUT2D eigenvalue weighted by molar-refractivity contribution is 7.87. The molecule has 1 N–H and O–H groups in total. The maximum absolute atomic E-state index is 12.9. The molecule has 1 aliphatic rings. The average molecular weight is 375 g/mol. The van der Waals surface area contributed by atoms with E-state index in [4.69, 9.17) is 4.74 Å². The lowest BCUT2D eigenvalue weighted by molar-refractivity contribution is 0.299. The Bertz CT molecular complexity index is 851. The van der Waals surface area contributed by atoms with Crippen LogP contribution >= 0.6 is 0 Å². The zero-order valence-electron chi connectivity index (χ0n) is 15.5. The quantitative estimate of drug-likeness (QED) is 0.845. The molecule has 0 aliphatic carbocycles. The third kappa shape index (κ3) is 4.09. The van der Waals surface area contributed by atoms with E-state index in [9.17, 15) is 8.42 Å². The fourth-order valence-corrected chi connectivity index (χ4v) is 5.08. The lowest BCUT2D eigenvalue weighted by atomic mass is 9.90. The molecule has 0 saturated carbocycles. The van der Waals surface area contributed by atoms with Crippen molar-refractivity contribution >= 4 is 10.2 Å². The molecule has 0 aromatic heterocycles. The molecule has 1 unspecified atom stereocenters. The second kappa shape index (κ2) is 7.78. The zero-order valence-corrected chi connectivity index (χ0v) is 16.3. The van der Waals surface area contributed by atoms with Crippen LogP contribution < -0.4 is 9.46 Å². The SMILES string of the molecule is COc1ccc2c(c1)CCN(S(=O)(=O)NC(C)C)C2Cc1ccccc1. The molecule has 3 rings (SSSR count). The summed E-state index contributed by atoms with van der Waals surface area (Å²) < 4.78 is 35.5. The van der Waals surface area contributed by atoms with Crippen LogP contribution in [-0.2, 0) is 23.1 Å². The summed E-state index contributed by atoms with van der Waals surface area (Å²) in [7, 11) is -1.91. The molecule has 6 heteroatoms. The van der Waals surface area contributed by atoms with Crippen molar-refractivity contribution in [3.05, 3.63) is 65.2 Å². The van der Waals surface area contributed by atoms with Gasteiger partial charge in [-0.05, 0) is 55.5 Å². The summed E-state index contributed by atoms with van der Waals surface area (Å²) in [6.45, 7) is 4.14. The average Bonchev–Trinajstić information content (AvgIpc) is 2.61. The van der Waals surface area contributed by atoms with Gasteiger partial charge in [0.05, 0.1) is 13.2 Å². The molecule has 2 aromatic carbocycles. The van der Waals surface area contributed by atoms with Crippen LogP contribution in [0.15, 0.2) is 48.5 Å². The van der Waals surface area contributed by atoms with Crippen LogP contribution in [0.1, 0.15) is 36.6 Å². The predicted molar refractivity (Wildman–Crippen MR) is 103 cm³/mol. The molecule has 0 radical (unpaired) electrons. The standard InChI is InChI=1S/C20H26N2O3S/c1-15(2)21-26(23,24)22-12-11-17-14-18(25-3)9-10-19(17)20(22)13-16-7-5-4-6-8-16/h4-10,14-15,20-21H,11-13H2,1-3H3. The monoisotopic (exact) mass is 374 g/mol. The second-order valence-corrected chi connectivity index (χ2v) is 8.56. The van der Waals surface area contributed by atoms with Gasteiger partial charge in [0.2, 0.25) is 0 Å². The van der Waals surface area contributed by atoms with Crippen LogP contribution in [0.5, 0.6) is 5.75 Å². The molecule has 0 bridgehead atoms. The molecule has 5 nitrogen and oxygen atoms in total. The van der Waals surface area contributed by atoms with Gasteiger partial charge in [0, 0.05) is 12.6 Å². The van der Waals surface area contributed by atoms with Gasteiger partial charge < -0.3 is 4.74 Å². The van der Waals surface area contributed by atoms with Crippen molar-refractivity contribution in [2.45, 2.75) is 38.8 Å². The minimum Gasteiger partial charge on any atom is -0.497 e. The maximum Gasteiger partial charge on any atom is 0.280 e. The van der Waals surface area contributed by atoms with Crippen LogP contribution in [-0.4, -0.2) is 32.4 Å². The van der Waals surface area contributed by atoms with Gasteiger partial charge in [0.15, 0.2) is 0 Å². The van der Waals surface area contributed by atoms with Gasteiger partial charge in [0.25, 0.3) is 10.2 Å². The molecule has 0 amide bonds. The fourth-order valence-electron chi connectivity index (χ4n) is 3.49. The van der Waals surface area contributed by atoms with Crippen LogP contribution in [0.4, 0.5) is 0 Å². The number of nitrogens with one attached hydrogen (secondary N) is 1. The van der Waals surface area contributed by atoms with Gasteiger partial charge in [-0.2, -0.15) is 17.4 Å². The summed E-state index contributed by atoms with van der Waals surface area (Å²) in [6.07, 6.45) is 1.32. The van der Waals surface area contributed by atoms with Crippen LogP contribution in [0, 0.1) is 0 Å². The van der Waals surface area contributed by atoms with Crippen LogP contribution in [0.2, 0.25) is 0 Å². The Balaban J connectivity index is 2.01. The second-order valence-electron chi connectivity index (χ2n) is 6.91. The van der Waals surface area contributed by atoms with E-state index in [1.54, 1.807) is 11.4 Å². The number of fused-ring (bicyclic) bond motifs is 1. The minimum absolute atomic E-state index is 0.144. The van der Waals surface area contributed by atoms with Crippen molar-refractivity contribution < 1.29 is 13.2 Å². The summed E-state index contributed by atoms with van der Waals surface area (Å²) in [5.41, 5.74) is 3.32. The van der Waals surface area contributed by atoms with E-state index in [1.807, 2.05) is 62.4 Å². The molecule has 1 atom stereocenters. The predicted octanol–water partition coefficient (Wildman–Crippen LogP) is 3.08. The van der Waals surface area contributed by atoms with E-state index in [0.29, 0.717) is 19.4 Å². The van der Waals surface area contributed by atoms with Gasteiger partial charge in [-0.3, -0.25) is 0 Å². The van der Waals surface area contributed by atoms with Crippen molar-refractivity contribution in [3.8, 4) is 5.75 Å². The lowest BCUT2D eigenvalue weighted by Gasteiger charge is -2.37. The van der Waals surface area contributed by atoms with Crippen LogP contribution in [0.3, 0.4) is 0 Å². The smallest absolute Gasteiger partial charge is 0.280 e. The molecular weight excluding hydrogens is 348 g/mol. The molecule has 1 aliphatic heterocycles. The summed E-state index contributed by atoms with van der Waals surface area (Å²) >= 11 is 0. The van der Waals surface area contributed by atoms with Gasteiger partial charge in [0.1, 0.15) is 5.75 Å². The third-order valence-corrected chi connectivity index (χ3v) is 6.45. The highest BCUT2D eigenvalue weighted by Gasteiger charge is 2.35. The number of methoxy groups -OCH3 is 1. The van der Waals surface area contributed by atoms with E-state index in [2.05, 4.69) is 4.72 Å². The first-order valence-electron chi connectivity index (χ1n) is 8.90. The van der Waals surface area contributed by atoms with Gasteiger partial charge in [-0.15, -0.1) is 0 Å².